The maximum atomic E-state index is 9.90. The minimum absolute atomic E-state index is 0.629. The van der Waals surface area contributed by atoms with Gasteiger partial charge in [0.1, 0.15) is 11.8 Å². The molecule has 0 radical (unpaired) electrons. The lowest BCUT2D eigenvalue weighted by molar-refractivity contribution is 0.296. The molecule has 0 spiro atoms. The van der Waals surface area contributed by atoms with E-state index in [1.807, 2.05) is 55.7 Å². The van der Waals surface area contributed by atoms with Crippen molar-refractivity contribution in [2.45, 2.75) is 19.9 Å². The number of nitrogens with one attached hydrogen (secondary N) is 1. The zero-order valence-corrected chi connectivity index (χ0v) is 18.1. The van der Waals surface area contributed by atoms with Crippen LogP contribution in [0.3, 0.4) is 0 Å². The molecule has 156 valence electrons. The number of rotatable bonds is 9. The van der Waals surface area contributed by atoms with Gasteiger partial charge in [-0.2, -0.15) is 5.26 Å². The summed E-state index contributed by atoms with van der Waals surface area (Å²) >= 11 is 0. The second kappa shape index (κ2) is 9.84. The summed E-state index contributed by atoms with van der Waals surface area (Å²) in [7, 11) is 5.67. The van der Waals surface area contributed by atoms with E-state index >= 15 is 0 Å². The summed E-state index contributed by atoms with van der Waals surface area (Å²) in [6, 6.07) is 16.6. The molecule has 0 amide bonds. The summed E-state index contributed by atoms with van der Waals surface area (Å²) in [4.78, 5) is 6.05. The van der Waals surface area contributed by atoms with Crippen LogP contribution >= 0.6 is 0 Å². The third-order valence-electron chi connectivity index (χ3n) is 5.15. The minimum Gasteiger partial charge on any atom is -0.493 e. The van der Waals surface area contributed by atoms with Gasteiger partial charge in [0, 0.05) is 51.4 Å². The molecule has 1 heterocycles. The first-order valence-corrected chi connectivity index (χ1v) is 10.2. The summed E-state index contributed by atoms with van der Waals surface area (Å²) < 4.78 is 8.18. The number of anilines is 1. The van der Waals surface area contributed by atoms with Crippen molar-refractivity contribution in [1.29, 1.82) is 5.26 Å². The first-order valence-electron chi connectivity index (χ1n) is 10.2. The Morgan fingerprint density at radius 3 is 2.63 bits per heavy atom. The predicted octanol–water partition coefficient (Wildman–Crippen LogP) is 4.60. The fourth-order valence-corrected chi connectivity index (χ4v) is 3.71. The van der Waals surface area contributed by atoms with Gasteiger partial charge in [-0.25, -0.2) is 0 Å². The van der Waals surface area contributed by atoms with E-state index in [9.17, 15) is 5.26 Å². The van der Waals surface area contributed by atoms with E-state index in [-0.39, 0.29) is 0 Å². The van der Waals surface area contributed by atoms with Crippen LogP contribution in [0.25, 0.3) is 22.2 Å². The molecule has 0 aliphatic heterocycles. The highest BCUT2D eigenvalue weighted by Gasteiger charge is 2.18. The van der Waals surface area contributed by atoms with Crippen molar-refractivity contribution in [3.8, 4) is 23.1 Å². The Morgan fingerprint density at radius 2 is 2.00 bits per heavy atom. The molecule has 1 N–H and O–H groups in total. The van der Waals surface area contributed by atoms with Crippen LogP contribution in [-0.4, -0.2) is 50.1 Å². The number of fused-ring (bicyclic) bond motifs is 1. The number of aryl methyl sites for hydroxylation is 1. The van der Waals surface area contributed by atoms with E-state index in [0.29, 0.717) is 12.2 Å². The summed E-state index contributed by atoms with van der Waals surface area (Å²) in [6.07, 6.45) is 2.72. The average Bonchev–Trinajstić information content (AvgIpc) is 3.09. The first kappa shape index (κ1) is 21.3. The molecule has 0 unspecified atom stereocenters. The maximum Gasteiger partial charge on any atom is 0.121 e. The molecule has 0 saturated heterocycles. The summed E-state index contributed by atoms with van der Waals surface area (Å²) in [6.45, 7) is 4.39. The van der Waals surface area contributed by atoms with E-state index in [1.165, 1.54) is 0 Å². The lowest BCUT2D eigenvalue weighted by Gasteiger charge is -2.13. The Balaban J connectivity index is 1.90. The van der Waals surface area contributed by atoms with Gasteiger partial charge in [0.2, 0.25) is 0 Å². The number of benzene rings is 2. The van der Waals surface area contributed by atoms with Crippen molar-refractivity contribution in [2.75, 3.05) is 39.6 Å². The third-order valence-corrected chi connectivity index (χ3v) is 5.15. The number of nitriles is 1. The van der Waals surface area contributed by atoms with Gasteiger partial charge in [-0.05, 0) is 43.2 Å². The number of aliphatic imine (C=N–C) groups is 1. The molecule has 6 nitrogen and oxygen atoms in total. The van der Waals surface area contributed by atoms with Crippen LogP contribution in [0.15, 0.2) is 47.5 Å². The normalized spacial score (nSPS) is 11.0. The van der Waals surface area contributed by atoms with E-state index < -0.39 is 0 Å². The number of hydrogen-bond donors (Lipinski definition) is 1. The van der Waals surface area contributed by atoms with E-state index in [4.69, 9.17) is 4.74 Å². The molecular formula is C24H29N5O. The molecule has 0 aliphatic carbocycles. The molecule has 30 heavy (non-hydrogen) atoms. The molecule has 0 aliphatic rings. The van der Waals surface area contributed by atoms with Gasteiger partial charge in [0.05, 0.1) is 29.7 Å². The smallest absolute Gasteiger partial charge is 0.121 e. The lowest BCUT2D eigenvalue weighted by atomic mass is 10.1. The van der Waals surface area contributed by atoms with Crippen LogP contribution in [0.5, 0.6) is 5.75 Å². The van der Waals surface area contributed by atoms with Gasteiger partial charge in [-0.1, -0.05) is 12.1 Å². The molecule has 1 aromatic heterocycles. The Labute approximate surface area is 178 Å². The van der Waals surface area contributed by atoms with Crippen molar-refractivity contribution in [2.24, 2.45) is 4.99 Å². The second-order valence-corrected chi connectivity index (χ2v) is 7.14. The number of nitrogens with zero attached hydrogens (tertiary/aromatic N) is 4. The Morgan fingerprint density at radius 1 is 1.23 bits per heavy atom. The molecule has 0 saturated carbocycles. The van der Waals surface area contributed by atoms with Gasteiger partial charge in [0.15, 0.2) is 0 Å². The standard InChI is InChI=1S/C24H29N5O/c1-5-29-23-15-20(30-14-6-13-28(4)17-26-2)11-12-21(23)22(16-25)24(29)18-7-9-19(27-3)10-8-18/h7-12,15,17,27H,5-6,13-14H2,1-4H3. The van der Waals surface area contributed by atoms with Crippen molar-refractivity contribution in [3.05, 3.63) is 48.0 Å². The van der Waals surface area contributed by atoms with Gasteiger partial charge in [0.25, 0.3) is 0 Å². The summed E-state index contributed by atoms with van der Waals surface area (Å²) in [5.74, 6) is 0.822. The number of aromatic nitrogens is 1. The minimum atomic E-state index is 0.629. The van der Waals surface area contributed by atoms with Crippen molar-refractivity contribution in [3.63, 3.8) is 0 Å². The second-order valence-electron chi connectivity index (χ2n) is 7.14. The van der Waals surface area contributed by atoms with E-state index in [2.05, 4.69) is 40.0 Å². The van der Waals surface area contributed by atoms with Gasteiger partial charge < -0.3 is 19.5 Å². The fraction of sp³-hybridized carbons (Fsp3) is 0.333. The number of ether oxygens (including phenoxy) is 1. The molecular weight excluding hydrogens is 374 g/mol. The van der Waals surface area contributed by atoms with Gasteiger partial charge >= 0.3 is 0 Å². The molecule has 3 rings (SSSR count). The Kier molecular flexibility index (Phi) is 6.97. The topological polar surface area (TPSA) is 65.6 Å². The zero-order valence-electron chi connectivity index (χ0n) is 18.1. The maximum absolute atomic E-state index is 9.90. The largest absolute Gasteiger partial charge is 0.493 e. The van der Waals surface area contributed by atoms with E-state index in [1.54, 1.807) is 7.05 Å². The van der Waals surface area contributed by atoms with E-state index in [0.717, 1.165) is 53.1 Å². The molecule has 0 bridgehead atoms. The van der Waals surface area contributed by atoms with Crippen molar-refractivity contribution < 1.29 is 4.74 Å². The molecule has 0 atom stereocenters. The highest BCUT2D eigenvalue weighted by molar-refractivity contribution is 5.95. The van der Waals surface area contributed by atoms with Crippen molar-refractivity contribution in [1.82, 2.24) is 9.47 Å². The molecule has 6 heteroatoms. The molecule has 2 aromatic carbocycles. The molecule has 0 fully saturated rings. The predicted molar refractivity (Wildman–Crippen MR) is 124 cm³/mol. The van der Waals surface area contributed by atoms with Crippen LogP contribution in [0, 0.1) is 11.3 Å². The van der Waals surface area contributed by atoms with Crippen molar-refractivity contribution >= 4 is 22.9 Å². The van der Waals surface area contributed by atoms with Crippen LogP contribution in [0.4, 0.5) is 5.69 Å². The fourth-order valence-electron chi connectivity index (χ4n) is 3.71. The monoisotopic (exact) mass is 403 g/mol. The van der Waals surface area contributed by atoms with Gasteiger partial charge in [-0.15, -0.1) is 0 Å². The highest BCUT2D eigenvalue weighted by Crippen LogP contribution is 2.35. The Bertz CT molecular complexity index is 1060. The summed E-state index contributed by atoms with van der Waals surface area (Å²) in [5, 5.41) is 14.0. The highest BCUT2D eigenvalue weighted by atomic mass is 16.5. The third kappa shape index (κ3) is 4.41. The van der Waals surface area contributed by atoms with Gasteiger partial charge in [-0.3, -0.25) is 4.99 Å². The summed E-state index contributed by atoms with van der Waals surface area (Å²) in [5.41, 5.74) is 4.76. The first-order chi connectivity index (χ1) is 14.6. The van der Waals surface area contributed by atoms with Crippen LogP contribution < -0.4 is 10.1 Å². The lowest BCUT2D eigenvalue weighted by Crippen LogP contribution is -2.19. The number of hydrogen-bond acceptors (Lipinski definition) is 4. The Hall–Kier alpha value is -3.46. The van der Waals surface area contributed by atoms with Crippen LogP contribution in [0.2, 0.25) is 0 Å². The quantitative estimate of drug-likeness (QED) is 0.322. The van der Waals surface area contributed by atoms with Crippen LogP contribution in [0.1, 0.15) is 18.9 Å². The van der Waals surface area contributed by atoms with Crippen LogP contribution in [-0.2, 0) is 6.54 Å². The zero-order chi connectivity index (χ0) is 21.5. The average molecular weight is 404 g/mol. The molecule has 3 aromatic rings. The SMILES string of the molecule is CCn1c(-c2ccc(NC)cc2)c(C#N)c2ccc(OCCCN(C)C=NC)cc21.